The predicted molar refractivity (Wildman–Crippen MR) is 152 cm³/mol. The molecule has 3 aromatic heterocycles. The molecule has 4 heterocycles. The van der Waals surface area contributed by atoms with E-state index in [0.29, 0.717) is 55.0 Å². The van der Waals surface area contributed by atoms with Crippen LogP contribution < -0.4 is 10.9 Å². The molecule has 222 valence electrons. The van der Waals surface area contributed by atoms with Crippen molar-refractivity contribution in [1.82, 2.24) is 49.5 Å². The van der Waals surface area contributed by atoms with Gasteiger partial charge in [-0.1, -0.05) is 25.6 Å². The van der Waals surface area contributed by atoms with Crippen LogP contribution in [-0.2, 0) is 20.9 Å². The molecule has 4 rings (SSSR count). The van der Waals surface area contributed by atoms with Crippen LogP contribution in [0.4, 0.5) is 0 Å². The summed E-state index contributed by atoms with van der Waals surface area (Å²) in [7, 11) is 1.62. The highest BCUT2D eigenvalue weighted by Gasteiger charge is 2.29. The summed E-state index contributed by atoms with van der Waals surface area (Å²) in [5, 5.41) is 10.9. The zero-order valence-electron chi connectivity index (χ0n) is 24.4. The zero-order valence-corrected chi connectivity index (χ0v) is 25.2. The van der Waals surface area contributed by atoms with E-state index in [4.69, 9.17) is 0 Å². The van der Waals surface area contributed by atoms with E-state index in [1.165, 1.54) is 27.2 Å². The lowest BCUT2D eigenvalue weighted by atomic mass is 10.0. The van der Waals surface area contributed by atoms with E-state index in [1.54, 1.807) is 37.4 Å². The minimum Gasteiger partial charge on any atom is -0.344 e. The van der Waals surface area contributed by atoms with Crippen LogP contribution in [0.25, 0.3) is 5.78 Å². The van der Waals surface area contributed by atoms with Crippen molar-refractivity contribution in [2.75, 3.05) is 25.9 Å². The highest BCUT2D eigenvalue weighted by molar-refractivity contribution is 7.99. The second kappa shape index (κ2) is 12.8. The number of nitrogens with one attached hydrogen (secondary N) is 2. The quantitative estimate of drug-likeness (QED) is 0.417. The SMILES string of the molecule is Cc1cc(=O)n2[nH]c(SCC(=O)N3CCCC(=O)N(C)[C@@H](C)C(=O)N[C@H](CC(C)C)c4nc(C)nn4CC3)nc2n1. The first-order valence-corrected chi connectivity index (χ1v) is 14.8. The number of rotatable bonds is 5. The third-order valence-electron chi connectivity index (χ3n) is 7.02. The summed E-state index contributed by atoms with van der Waals surface area (Å²) in [6, 6.07) is 0.342. The Morgan fingerprint density at radius 2 is 1.88 bits per heavy atom. The summed E-state index contributed by atoms with van der Waals surface area (Å²) in [4.78, 5) is 68.0. The van der Waals surface area contributed by atoms with Crippen molar-refractivity contribution < 1.29 is 14.4 Å². The van der Waals surface area contributed by atoms with E-state index >= 15 is 0 Å². The molecule has 0 radical (unpaired) electrons. The molecule has 0 bridgehead atoms. The molecule has 0 spiro atoms. The number of hydrogen-bond donors (Lipinski definition) is 2. The molecule has 2 N–H and O–H groups in total. The Hall–Kier alpha value is -3.75. The molecule has 2 atom stereocenters. The van der Waals surface area contributed by atoms with Gasteiger partial charge in [-0.25, -0.2) is 14.6 Å². The molecule has 0 fully saturated rings. The number of fused-ring (bicyclic) bond motifs is 2. The number of likely N-dealkylation sites (N-methyl/N-ethyl adjacent to an activating group) is 1. The molecule has 0 saturated heterocycles. The fraction of sp³-hybridized carbons (Fsp3) is 0.615. The van der Waals surface area contributed by atoms with Crippen molar-refractivity contribution in [2.24, 2.45) is 5.92 Å². The van der Waals surface area contributed by atoms with Crippen LogP contribution in [0.2, 0.25) is 0 Å². The van der Waals surface area contributed by atoms with E-state index < -0.39 is 12.1 Å². The molecular formula is C26H38N10O4S. The van der Waals surface area contributed by atoms with E-state index in [1.807, 2.05) is 0 Å². The van der Waals surface area contributed by atoms with Crippen LogP contribution in [0.1, 0.15) is 63.4 Å². The molecule has 41 heavy (non-hydrogen) atoms. The normalized spacial score (nSPS) is 19.4. The van der Waals surface area contributed by atoms with Gasteiger partial charge in [-0.2, -0.15) is 14.6 Å². The molecule has 3 aromatic rings. The van der Waals surface area contributed by atoms with Gasteiger partial charge in [0.05, 0.1) is 18.3 Å². The highest BCUT2D eigenvalue weighted by atomic mass is 32.2. The van der Waals surface area contributed by atoms with Gasteiger partial charge in [0.25, 0.3) is 11.3 Å². The van der Waals surface area contributed by atoms with E-state index in [0.717, 1.165) is 0 Å². The number of nitrogens with zero attached hydrogens (tertiary/aromatic N) is 8. The summed E-state index contributed by atoms with van der Waals surface area (Å²) in [6.45, 7) is 10.4. The Bertz CT molecular complexity index is 1480. The average molecular weight is 587 g/mol. The maximum absolute atomic E-state index is 13.4. The largest absolute Gasteiger partial charge is 0.344 e. The monoisotopic (exact) mass is 586 g/mol. The van der Waals surface area contributed by atoms with Gasteiger partial charge < -0.3 is 15.1 Å². The van der Waals surface area contributed by atoms with Crippen molar-refractivity contribution >= 4 is 35.3 Å². The molecule has 0 saturated carbocycles. The van der Waals surface area contributed by atoms with Crippen LogP contribution in [-0.4, -0.2) is 93.8 Å². The highest BCUT2D eigenvalue weighted by Crippen LogP contribution is 2.22. The van der Waals surface area contributed by atoms with Gasteiger partial charge in [-0.05, 0) is 39.5 Å². The maximum atomic E-state index is 13.4. The van der Waals surface area contributed by atoms with E-state index in [-0.39, 0.29) is 47.2 Å². The predicted octanol–water partition coefficient (Wildman–Crippen LogP) is 1.09. The van der Waals surface area contributed by atoms with E-state index in [9.17, 15) is 19.2 Å². The van der Waals surface area contributed by atoms with Gasteiger partial charge in [-0.15, -0.1) is 0 Å². The first kappa shape index (κ1) is 30.2. The van der Waals surface area contributed by atoms with Crippen molar-refractivity contribution in [1.29, 1.82) is 0 Å². The number of aromatic amines is 1. The lowest BCUT2D eigenvalue weighted by Crippen LogP contribution is -2.48. The Morgan fingerprint density at radius 3 is 2.61 bits per heavy atom. The molecule has 14 nitrogen and oxygen atoms in total. The second-order valence-corrected chi connectivity index (χ2v) is 11.7. The molecule has 1 aliphatic heterocycles. The van der Waals surface area contributed by atoms with Gasteiger partial charge in [0.2, 0.25) is 17.7 Å². The van der Waals surface area contributed by atoms with Crippen LogP contribution >= 0.6 is 11.8 Å². The van der Waals surface area contributed by atoms with Crippen LogP contribution in [0.3, 0.4) is 0 Å². The van der Waals surface area contributed by atoms with Crippen LogP contribution in [0.5, 0.6) is 0 Å². The molecular weight excluding hydrogens is 548 g/mol. The summed E-state index contributed by atoms with van der Waals surface area (Å²) in [5.41, 5.74) is 0.287. The van der Waals surface area contributed by atoms with Gasteiger partial charge in [0.15, 0.2) is 5.16 Å². The third-order valence-corrected chi connectivity index (χ3v) is 7.87. The molecule has 0 aliphatic carbocycles. The Morgan fingerprint density at radius 1 is 1.12 bits per heavy atom. The fourth-order valence-corrected chi connectivity index (χ4v) is 5.46. The number of hydrogen-bond acceptors (Lipinski definition) is 9. The number of amides is 3. The zero-order chi connectivity index (χ0) is 29.8. The fourth-order valence-electron chi connectivity index (χ4n) is 4.71. The Balaban J connectivity index is 1.56. The maximum Gasteiger partial charge on any atom is 0.274 e. The summed E-state index contributed by atoms with van der Waals surface area (Å²) in [5.74, 6) is 1.24. The average Bonchev–Trinajstić information content (AvgIpc) is 3.49. The van der Waals surface area contributed by atoms with Gasteiger partial charge in [-0.3, -0.25) is 24.3 Å². The van der Waals surface area contributed by atoms with Crippen molar-refractivity contribution in [3.63, 3.8) is 0 Å². The number of aromatic nitrogens is 7. The lowest BCUT2D eigenvalue weighted by molar-refractivity contribution is -0.139. The molecule has 15 heteroatoms. The van der Waals surface area contributed by atoms with Crippen LogP contribution in [0.15, 0.2) is 16.0 Å². The number of carbonyl (C=O) groups is 3. The topological polar surface area (TPSA) is 163 Å². The Labute approximate surface area is 242 Å². The van der Waals surface area contributed by atoms with Crippen molar-refractivity contribution in [3.8, 4) is 0 Å². The summed E-state index contributed by atoms with van der Waals surface area (Å²) < 4.78 is 3.01. The summed E-state index contributed by atoms with van der Waals surface area (Å²) in [6.07, 6.45) is 1.28. The first-order chi connectivity index (χ1) is 19.4. The van der Waals surface area contributed by atoms with Crippen molar-refractivity contribution in [2.45, 2.75) is 77.7 Å². The number of thioether (sulfide) groups is 1. The van der Waals surface area contributed by atoms with Crippen molar-refractivity contribution in [3.05, 3.63) is 33.8 Å². The van der Waals surface area contributed by atoms with Crippen LogP contribution in [0, 0.1) is 19.8 Å². The number of aryl methyl sites for hydroxylation is 2. The van der Waals surface area contributed by atoms with E-state index in [2.05, 4.69) is 44.3 Å². The number of H-pyrrole nitrogens is 1. The third kappa shape index (κ3) is 7.31. The summed E-state index contributed by atoms with van der Waals surface area (Å²) >= 11 is 1.18. The van der Waals surface area contributed by atoms with Gasteiger partial charge in [0, 0.05) is 38.3 Å². The first-order valence-electron chi connectivity index (χ1n) is 13.8. The minimum atomic E-state index is -0.665. The molecule has 0 aromatic carbocycles. The molecule has 3 amide bonds. The molecule has 1 aliphatic rings. The standard InChI is InChI=1S/C26H38N10O4S/c1-15(2)12-19-23-28-18(5)31-35(23)11-10-34(9-7-8-20(37)33(6)17(4)24(40)29-19)22(39)14-41-26-30-25-27-16(3)13-21(38)36(25)32-26/h13,15,17,19H,7-12,14H2,1-6H3,(H,29,40)(H,27,30,32)/t17-,19+/m0/s1. The lowest BCUT2D eigenvalue weighted by Gasteiger charge is -2.29. The smallest absolute Gasteiger partial charge is 0.274 e. The Kier molecular flexibility index (Phi) is 9.46. The van der Waals surface area contributed by atoms with Gasteiger partial charge >= 0.3 is 0 Å². The second-order valence-electron chi connectivity index (χ2n) is 10.8. The molecule has 0 unspecified atom stereocenters. The minimum absolute atomic E-state index is 0.0771. The number of carbonyl (C=O) groups excluding carboxylic acids is 3. The van der Waals surface area contributed by atoms with Gasteiger partial charge in [0.1, 0.15) is 17.7 Å².